The van der Waals surface area contributed by atoms with E-state index in [1.165, 1.54) is 0 Å². The summed E-state index contributed by atoms with van der Waals surface area (Å²) in [5, 5.41) is 3.30. The normalized spacial score (nSPS) is 15.3. The van der Waals surface area contributed by atoms with Crippen molar-refractivity contribution in [2.75, 3.05) is 18.1 Å². The van der Waals surface area contributed by atoms with E-state index < -0.39 is 10.8 Å². The first-order valence-electron chi connectivity index (χ1n) is 4.84. The number of furan rings is 1. The molecule has 0 bridgehead atoms. The second-order valence-electron chi connectivity index (χ2n) is 3.17. The van der Waals surface area contributed by atoms with Crippen LogP contribution in [0.1, 0.15) is 25.5 Å². The van der Waals surface area contributed by atoms with Crippen molar-refractivity contribution in [2.24, 2.45) is 0 Å². The largest absolute Gasteiger partial charge is 0.472 e. The summed E-state index contributed by atoms with van der Waals surface area (Å²) >= 11 is 0. The highest BCUT2D eigenvalue weighted by molar-refractivity contribution is 7.84. The van der Waals surface area contributed by atoms with Crippen LogP contribution in [0, 0.1) is 0 Å². The predicted molar refractivity (Wildman–Crippen MR) is 58.7 cm³/mol. The Kier molecular flexibility index (Phi) is 4.90. The summed E-state index contributed by atoms with van der Waals surface area (Å²) in [5.41, 5.74) is 1.13. The van der Waals surface area contributed by atoms with Crippen LogP contribution in [-0.4, -0.2) is 22.3 Å². The molecule has 0 aromatic carbocycles. The lowest BCUT2D eigenvalue weighted by atomic mass is 10.2. The van der Waals surface area contributed by atoms with Gasteiger partial charge in [0.05, 0.1) is 12.5 Å². The monoisotopic (exact) mass is 215 g/mol. The lowest BCUT2D eigenvalue weighted by Gasteiger charge is -2.10. The van der Waals surface area contributed by atoms with Gasteiger partial charge >= 0.3 is 0 Å². The van der Waals surface area contributed by atoms with E-state index in [2.05, 4.69) is 12.2 Å². The molecule has 4 heteroatoms. The summed E-state index contributed by atoms with van der Waals surface area (Å²) < 4.78 is 16.1. The Balaban J connectivity index is 2.22. The van der Waals surface area contributed by atoms with Crippen molar-refractivity contribution in [3.05, 3.63) is 24.2 Å². The van der Waals surface area contributed by atoms with E-state index >= 15 is 0 Å². The number of nitrogens with one attached hydrogen (secondary N) is 1. The molecule has 1 aromatic heterocycles. The van der Waals surface area contributed by atoms with Crippen LogP contribution >= 0.6 is 0 Å². The number of hydrogen-bond acceptors (Lipinski definition) is 3. The average Bonchev–Trinajstić information content (AvgIpc) is 2.70. The Bertz CT molecular complexity index is 272. The molecule has 0 saturated heterocycles. The molecule has 1 heterocycles. The van der Waals surface area contributed by atoms with Gasteiger partial charge in [0, 0.05) is 40.5 Å². The molecule has 2 unspecified atom stereocenters. The minimum Gasteiger partial charge on any atom is -0.472 e. The summed E-state index contributed by atoms with van der Waals surface area (Å²) in [6, 6.07) is 2.21. The smallest absolute Gasteiger partial charge is 0.0950 e. The van der Waals surface area contributed by atoms with Gasteiger partial charge < -0.3 is 9.73 Å². The van der Waals surface area contributed by atoms with Crippen molar-refractivity contribution in [2.45, 2.75) is 19.9 Å². The highest BCUT2D eigenvalue weighted by Crippen LogP contribution is 2.11. The lowest BCUT2D eigenvalue weighted by Crippen LogP contribution is -2.23. The first-order valence-corrected chi connectivity index (χ1v) is 6.33. The number of rotatable bonds is 6. The summed E-state index contributed by atoms with van der Waals surface area (Å²) in [5.74, 6) is 1.46. The van der Waals surface area contributed by atoms with Gasteiger partial charge in [0.1, 0.15) is 0 Å². The molecular weight excluding hydrogens is 198 g/mol. The highest BCUT2D eigenvalue weighted by atomic mass is 32.2. The molecule has 0 aliphatic heterocycles. The first-order chi connectivity index (χ1) is 6.74. The molecular formula is C10H17NO2S. The maximum Gasteiger partial charge on any atom is 0.0950 e. The molecule has 3 nitrogen and oxygen atoms in total. The second kappa shape index (κ2) is 5.98. The van der Waals surface area contributed by atoms with Gasteiger partial charge in [-0.3, -0.25) is 4.21 Å². The fourth-order valence-corrected chi connectivity index (χ4v) is 1.81. The van der Waals surface area contributed by atoms with E-state index in [0.29, 0.717) is 0 Å². The van der Waals surface area contributed by atoms with Crippen molar-refractivity contribution in [3.8, 4) is 0 Å². The molecule has 1 N–H and O–H groups in total. The molecule has 0 saturated carbocycles. The van der Waals surface area contributed by atoms with Crippen molar-refractivity contribution in [1.82, 2.24) is 5.32 Å². The molecule has 1 rings (SSSR count). The number of hydrogen-bond donors (Lipinski definition) is 1. The summed E-state index contributed by atoms with van der Waals surface area (Å²) in [6.45, 7) is 4.79. The van der Waals surface area contributed by atoms with Gasteiger partial charge in [0.25, 0.3) is 0 Å². The van der Waals surface area contributed by atoms with Gasteiger partial charge in [-0.05, 0) is 13.0 Å². The van der Waals surface area contributed by atoms with Crippen LogP contribution in [0.5, 0.6) is 0 Å². The third kappa shape index (κ3) is 3.64. The van der Waals surface area contributed by atoms with Crippen LogP contribution in [0.25, 0.3) is 0 Å². The minimum atomic E-state index is -0.676. The summed E-state index contributed by atoms with van der Waals surface area (Å²) in [6.07, 6.45) is 3.40. The van der Waals surface area contributed by atoms with E-state index in [1.54, 1.807) is 12.5 Å². The third-order valence-corrected chi connectivity index (χ3v) is 3.45. The van der Waals surface area contributed by atoms with Crippen molar-refractivity contribution < 1.29 is 8.63 Å². The fourth-order valence-electron chi connectivity index (χ4n) is 1.17. The highest BCUT2D eigenvalue weighted by Gasteiger charge is 2.05. The first kappa shape index (κ1) is 11.5. The molecule has 14 heavy (non-hydrogen) atoms. The SMILES string of the molecule is CCS(=O)CCNC(C)c1ccoc1. The standard InChI is InChI=1S/C10H17NO2S/c1-3-14(12)7-5-11-9(2)10-4-6-13-8-10/h4,6,8-9,11H,3,5,7H2,1-2H3. The van der Waals surface area contributed by atoms with Crippen LogP contribution in [0.2, 0.25) is 0 Å². The summed E-state index contributed by atoms with van der Waals surface area (Å²) in [4.78, 5) is 0. The van der Waals surface area contributed by atoms with E-state index in [9.17, 15) is 4.21 Å². The van der Waals surface area contributed by atoms with Crippen LogP contribution < -0.4 is 5.32 Å². The zero-order valence-electron chi connectivity index (χ0n) is 8.66. The van der Waals surface area contributed by atoms with Crippen LogP contribution in [-0.2, 0) is 10.8 Å². The molecule has 0 radical (unpaired) electrons. The molecule has 0 amide bonds. The zero-order valence-corrected chi connectivity index (χ0v) is 9.47. The van der Waals surface area contributed by atoms with Crippen molar-refractivity contribution in [1.29, 1.82) is 0 Å². The van der Waals surface area contributed by atoms with Gasteiger partial charge in [0.2, 0.25) is 0 Å². The summed E-state index contributed by atoms with van der Waals surface area (Å²) in [7, 11) is -0.676. The van der Waals surface area contributed by atoms with Gasteiger partial charge in [0.15, 0.2) is 0 Å². The van der Waals surface area contributed by atoms with E-state index in [-0.39, 0.29) is 6.04 Å². The van der Waals surface area contributed by atoms with Gasteiger partial charge in [-0.25, -0.2) is 0 Å². The van der Waals surface area contributed by atoms with E-state index in [1.807, 2.05) is 13.0 Å². The molecule has 0 fully saturated rings. The second-order valence-corrected chi connectivity index (χ2v) is 5.03. The molecule has 80 valence electrons. The maximum atomic E-state index is 11.1. The molecule has 0 aliphatic rings. The van der Waals surface area contributed by atoms with Crippen LogP contribution in [0.3, 0.4) is 0 Å². The van der Waals surface area contributed by atoms with Gasteiger partial charge in [-0.1, -0.05) is 6.92 Å². The molecule has 1 aromatic rings. The van der Waals surface area contributed by atoms with Crippen molar-refractivity contribution in [3.63, 3.8) is 0 Å². The van der Waals surface area contributed by atoms with E-state index in [0.717, 1.165) is 23.6 Å². The van der Waals surface area contributed by atoms with Gasteiger partial charge in [-0.15, -0.1) is 0 Å². The van der Waals surface area contributed by atoms with E-state index in [4.69, 9.17) is 4.42 Å². The van der Waals surface area contributed by atoms with Crippen LogP contribution in [0.4, 0.5) is 0 Å². The average molecular weight is 215 g/mol. The quantitative estimate of drug-likeness (QED) is 0.785. The molecule has 0 spiro atoms. The zero-order chi connectivity index (χ0) is 10.4. The Morgan fingerprint density at radius 3 is 3.00 bits per heavy atom. The Morgan fingerprint density at radius 2 is 2.43 bits per heavy atom. The predicted octanol–water partition coefficient (Wildman–Crippen LogP) is 1.70. The van der Waals surface area contributed by atoms with Crippen LogP contribution in [0.15, 0.2) is 23.0 Å². The van der Waals surface area contributed by atoms with Gasteiger partial charge in [-0.2, -0.15) is 0 Å². The molecule has 0 aliphatic carbocycles. The Hall–Kier alpha value is -0.610. The molecule has 2 atom stereocenters. The van der Waals surface area contributed by atoms with Crippen molar-refractivity contribution >= 4 is 10.8 Å². The Morgan fingerprint density at radius 1 is 1.64 bits per heavy atom. The Labute approximate surface area is 87.3 Å². The minimum absolute atomic E-state index is 0.266. The topological polar surface area (TPSA) is 42.2 Å². The fraction of sp³-hybridized carbons (Fsp3) is 0.600. The third-order valence-electron chi connectivity index (χ3n) is 2.15. The maximum absolute atomic E-state index is 11.1. The lowest BCUT2D eigenvalue weighted by molar-refractivity contribution is 0.546.